The standard InChI is InChI=1S/C20H27N3O2/c1-12-7-8-16-15(11-12)18(13(2)14(3)22-16)19(25)23-20(4,5)10-9-17(24)21-6/h7-8,11H,9-10H2,1-6H3,(H,21,24)(H,23,25). The number of aromatic nitrogens is 1. The maximum atomic E-state index is 13.0. The number of aryl methyl sites for hydroxylation is 2. The lowest BCUT2D eigenvalue weighted by atomic mass is 9.95. The Bertz CT molecular complexity index is 825. The minimum Gasteiger partial charge on any atom is -0.359 e. The lowest BCUT2D eigenvalue weighted by molar-refractivity contribution is -0.121. The van der Waals surface area contributed by atoms with Crippen molar-refractivity contribution in [1.29, 1.82) is 0 Å². The summed E-state index contributed by atoms with van der Waals surface area (Å²) in [6.07, 6.45) is 0.941. The number of hydrogen-bond acceptors (Lipinski definition) is 3. The predicted octanol–water partition coefficient (Wildman–Crippen LogP) is 3.19. The molecule has 0 radical (unpaired) electrons. The van der Waals surface area contributed by atoms with Crippen LogP contribution in [0, 0.1) is 20.8 Å². The summed E-state index contributed by atoms with van der Waals surface area (Å²) in [5.74, 6) is -0.153. The first-order chi connectivity index (χ1) is 11.6. The second kappa shape index (κ2) is 7.21. The van der Waals surface area contributed by atoms with Crippen molar-refractivity contribution in [1.82, 2.24) is 15.6 Å². The topological polar surface area (TPSA) is 71.1 Å². The van der Waals surface area contributed by atoms with E-state index in [1.165, 1.54) is 0 Å². The van der Waals surface area contributed by atoms with E-state index in [0.29, 0.717) is 18.4 Å². The van der Waals surface area contributed by atoms with Crippen LogP contribution in [0.3, 0.4) is 0 Å². The van der Waals surface area contributed by atoms with E-state index in [0.717, 1.165) is 27.7 Å². The SMILES string of the molecule is CNC(=O)CCC(C)(C)NC(=O)c1c(C)c(C)nc2ccc(C)cc12. The van der Waals surface area contributed by atoms with Crippen molar-refractivity contribution in [3.63, 3.8) is 0 Å². The van der Waals surface area contributed by atoms with Crippen LogP contribution in [0.25, 0.3) is 10.9 Å². The second-order valence-corrected chi connectivity index (χ2v) is 7.23. The van der Waals surface area contributed by atoms with Gasteiger partial charge in [0.25, 0.3) is 5.91 Å². The fourth-order valence-electron chi connectivity index (χ4n) is 2.87. The van der Waals surface area contributed by atoms with Crippen LogP contribution in [-0.2, 0) is 4.79 Å². The first-order valence-corrected chi connectivity index (χ1v) is 8.55. The van der Waals surface area contributed by atoms with Crippen LogP contribution in [0.1, 0.15) is 53.9 Å². The van der Waals surface area contributed by atoms with E-state index in [-0.39, 0.29) is 11.8 Å². The summed E-state index contributed by atoms with van der Waals surface area (Å²) >= 11 is 0. The van der Waals surface area contributed by atoms with Gasteiger partial charge in [0.15, 0.2) is 0 Å². The van der Waals surface area contributed by atoms with Crippen molar-refractivity contribution in [3.8, 4) is 0 Å². The molecule has 0 aliphatic carbocycles. The smallest absolute Gasteiger partial charge is 0.252 e. The van der Waals surface area contributed by atoms with Gasteiger partial charge in [0.05, 0.1) is 11.1 Å². The molecule has 0 aliphatic rings. The fraction of sp³-hybridized carbons (Fsp3) is 0.450. The summed E-state index contributed by atoms with van der Waals surface area (Å²) < 4.78 is 0. The van der Waals surface area contributed by atoms with Gasteiger partial charge in [-0.25, -0.2) is 0 Å². The normalized spacial score (nSPS) is 11.4. The molecule has 0 spiro atoms. The highest BCUT2D eigenvalue weighted by Crippen LogP contribution is 2.25. The van der Waals surface area contributed by atoms with E-state index >= 15 is 0 Å². The molecule has 1 aromatic heterocycles. The summed E-state index contributed by atoms with van der Waals surface area (Å²) in [5, 5.41) is 6.56. The summed E-state index contributed by atoms with van der Waals surface area (Å²) in [7, 11) is 1.62. The third kappa shape index (κ3) is 4.35. The second-order valence-electron chi connectivity index (χ2n) is 7.23. The molecular weight excluding hydrogens is 314 g/mol. The molecule has 2 aromatic rings. The third-order valence-electron chi connectivity index (χ3n) is 4.56. The van der Waals surface area contributed by atoms with Gasteiger partial charge in [-0.2, -0.15) is 0 Å². The van der Waals surface area contributed by atoms with Gasteiger partial charge in [-0.3, -0.25) is 14.6 Å². The molecule has 0 saturated heterocycles. The fourth-order valence-corrected chi connectivity index (χ4v) is 2.87. The molecule has 1 heterocycles. The van der Waals surface area contributed by atoms with Gasteiger partial charge in [0.2, 0.25) is 5.91 Å². The van der Waals surface area contributed by atoms with Gasteiger partial charge in [-0.05, 0) is 58.7 Å². The van der Waals surface area contributed by atoms with Gasteiger partial charge in [-0.1, -0.05) is 11.6 Å². The average molecular weight is 341 g/mol. The highest BCUT2D eigenvalue weighted by atomic mass is 16.2. The molecule has 0 saturated carbocycles. The van der Waals surface area contributed by atoms with Crippen LogP contribution in [0.2, 0.25) is 0 Å². The van der Waals surface area contributed by atoms with Crippen molar-refractivity contribution >= 4 is 22.7 Å². The monoisotopic (exact) mass is 341 g/mol. The summed E-state index contributed by atoms with van der Waals surface area (Å²) in [6, 6.07) is 5.95. The number of benzene rings is 1. The lowest BCUT2D eigenvalue weighted by Crippen LogP contribution is -2.44. The maximum absolute atomic E-state index is 13.0. The van der Waals surface area contributed by atoms with Gasteiger partial charge in [-0.15, -0.1) is 0 Å². The minimum absolute atomic E-state index is 0.0284. The van der Waals surface area contributed by atoms with Gasteiger partial charge >= 0.3 is 0 Å². The van der Waals surface area contributed by atoms with E-state index in [1.54, 1.807) is 7.05 Å². The Labute approximate surface area is 149 Å². The molecule has 1 aromatic carbocycles. The quantitative estimate of drug-likeness (QED) is 0.877. The molecule has 2 rings (SSSR count). The van der Waals surface area contributed by atoms with Gasteiger partial charge in [0, 0.05) is 30.1 Å². The van der Waals surface area contributed by atoms with Crippen LogP contribution in [-0.4, -0.2) is 29.4 Å². The number of nitrogens with zero attached hydrogens (tertiary/aromatic N) is 1. The van der Waals surface area contributed by atoms with Gasteiger partial charge in [0.1, 0.15) is 0 Å². The Kier molecular flexibility index (Phi) is 5.45. The number of fused-ring (bicyclic) bond motifs is 1. The zero-order valence-electron chi connectivity index (χ0n) is 15.9. The van der Waals surface area contributed by atoms with E-state index in [9.17, 15) is 9.59 Å². The molecule has 0 fully saturated rings. The summed E-state index contributed by atoms with van der Waals surface area (Å²) in [4.78, 5) is 29.1. The highest BCUT2D eigenvalue weighted by molar-refractivity contribution is 6.08. The average Bonchev–Trinajstić information content (AvgIpc) is 2.53. The number of carbonyl (C=O) groups excluding carboxylic acids is 2. The van der Waals surface area contributed by atoms with E-state index in [2.05, 4.69) is 15.6 Å². The first kappa shape index (κ1) is 18.9. The Hall–Kier alpha value is -2.43. The van der Waals surface area contributed by atoms with E-state index in [1.807, 2.05) is 52.8 Å². The number of pyridine rings is 1. The van der Waals surface area contributed by atoms with Crippen LogP contribution in [0.5, 0.6) is 0 Å². The van der Waals surface area contributed by atoms with Crippen LogP contribution < -0.4 is 10.6 Å². The molecular formula is C20H27N3O2. The van der Waals surface area contributed by atoms with Crippen LogP contribution in [0.15, 0.2) is 18.2 Å². The molecule has 0 atom stereocenters. The molecule has 2 amide bonds. The number of amides is 2. The maximum Gasteiger partial charge on any atom is 0.252 e. The summed E-state index contributed by atoms with van der Waals surface area (Å²) in [5.41, 5.74) is 3.83. The van der Waals surface area contributed by atoms with Crippen molar-refractivity contribution in [2.45, 2.75) is 53.0 Å². The Morgan fingerprint density at radius 2 is 1.84 bits per heavy atom. The van der Waals surface area contributed by atoms with Crippen molar-refractivity contribution < 1.29 is 9.59 Å². The predicted molar refractivity (Wildman–Crippen MR) is 101 cm³/mol. The summed E-state index contributed by atoms with van der Waals surface area (Å²) in [6.45, 7) is 9.72. The van der Waals surface area contributed by atoms with Crippen molar-refractivity contribution in [2.24, 2.45) is 0 Å². The van der Waals surface area contributed by atoms with Gasteiger partial charge < -0.3 is 10.6 Å². The van der Waals surface area contributed by atoms with E-state index in [4.69, 9.17) is 0 Å². The molecule has 0 unspecified atom stereocenters. The van der Waals surface area contributed by atoms with Crippen molar-refractivity contribution in [2.75, 3.05) is 7.05 Å². The highest BCUT2D eigenvalue weighted by Gasteiger charge is 2.25. The first-order valence-electron chi connectivity index (χ1n) is 8.55. The van der Waals surface area contributed by atoms with E-state index < -0.39 is 5.54 Å². The zero-order chi connectivity index (χ0) is 18.8. The number of hydrogen-bond donors (Lipinski definition) is 2. The largest absolute Gasteiger partial charge is 0.359 e. The molecule has 25 heavy (non-hydrogen) atoms. The number of carbonyl (C=O) groups is 2. The number of nitrogens with one attached hydrogen (secondary N) is 2. The molecule has 2 N–H and O–H groups in total. The lowest BCUT2D eigenvalue weighted by Gasteiger charge is -2.27. The molecule has 0 bridgehead atoms. The van der Waals surface area contributed by atoms with Crippen LogP contribution >= 0.6 is 0 Å². The van der Waals surface area contributed by atoms with Crippen molar-refractivity contribution in [3.05, 3.63) is 40.6 Å². The molecule has 0 aliphatic heterocycles. The zero-order valence-corrected chi connectivity index (χ0v) is 15.9. The molecule has 5 heteroatoms. The molecule has 5 nitrogen and oxygen atoms in total. The minimum atomic E-state index is -0.483. The van der Waals surface area contributed by atoms with Crippen LogP contribution in [0.4, 0.5) is 0 Å². The third-order valence-corrected chi connectivity index (χ3v) is 4.56. The Morgan fingerprint density at radius 3 is 2.48 bits per heavy atom. The number of rotatable bonds is 5. The Morgan fingerprint density at radius 1 is 1.16 bits per heavy atom. The Balaban J connectivity index is 2.37. The molecule has 134 valence electrons.